The molecular formula is C4H6FKO2. The first-order chi connectivity index (χ1) is 3.27. The van der Waals surface area contributed by atoms with Crippen molar-refractivity contribution in [2.24, 2.45) is 0 Å². The van der Waals surface area contributed by atoms with Gasteiger partial charge < -0.3 is 9.90 Å². The van der Waals surface area contributed by atoms with Crippen molar-refractivity contribution in [3.8, 4) is 0 Å². The van der Waals surface area contributed by atoms with E-state index in [1.54, 1.807) is 0 Å². The second kappa shape index (κ2) is 8.04. The molecule has 0 aliphatic carbocycles. The average Bonchev–Trinajstić information content (AvgIpc) is 1.61. The number of rotatable bonds is 3. The summed E-state index contributed by atoms with van der Waals surface area (Å²) >= 11 is 0. The SMILES string of the molecule is O=C([O-])CCCF.[K+]. The van der Waals surface area contributed by atoms with Crippen LogP contribution in [0.5, 0.6) is 0 Å². The quantitative estimate of drug-likeness (QED) is 0.385. The maximum absolute atomic E-state index is 11.1. The Morgan fingerprint density at radius 2 is 2.12 bits per heavy atom. The van der Waals surface area contributed by atoms with E-state index in [0.717, 1.165) is 0 Å². The van der Waals surface area contributed by atoms with Crippen LogP contribution in [0.1, 0.15) is 12.8 Å². The van der Waals surface area contributed by atoms with Gasteiger partial charge in [0.25, 0.3) is 0 Å². The molecule has 0 aliphatic heterocycles. The van der Waals surface area contributed by atoms with Gasteiger partial charge in [-0.25, -0.2) is 0 Å². The van der Waals surface area contributed by atoms with Crippen LogP contribution in [0.4, 0.5) is 4.39 Å². The third-order valence-corrected chi connectivity index (χ3v) is 0.515. The fourth-order valence-corrected chi connectivity index (χ4v) is 0.211. The van der Waals surface area contributed by atoms with Gasteiger partial charge in [0.2, 0.25) is 0 Å². The Hall–Kier alpha value is 1.04. The summed E-state index contributed by atoms with van der Waals surface area (Å²) in [5, 5.41) is 9.48. The molecule has 0 amide bonds. The smallest absolute Gasteiger partial charge is 0.550 e. The summed E-state index contributed by atoms with van der Waals surface area (Å²) in [6, 6.07) is 0. The molecule has 2 nitrogen and oxygen atoms in total. The van der Waals surface area contributed by atoms with Gasteiger partial charge in [-0.15, -0.1) is 0 Å². The maximum atomic E-state index is 11.1. The molecule has 0 aliphatic rings. The van der Waals surface area contributed by atoms with Crippen molar-refractivity contribution in [3.63, 3.8) is 0 Å². The third-order valence-electron chi connectivity index (χ3n) is 0.515. The second-order valence-corrected chi connectivity index (χ2v) is 1.16. The van der Waals surface area contributed by atoms with Crippen LogP contribution in [0.3, 0.4) is 0 Å². The first-order valence-electron chi connectivity index (χ1n) is 2.03. The number of carbonyl (C=O) groups is 1. The van der Waals surface area contributed by atoms with Gasteiger partial charge in [0.1, 0.15) is 0 Å². The van der Waals surface area contributed by atoms with E-state index in [4.69, 9.17) is 0 Å². The molecular weight excluding hydrogens is 138 g/mol. The summed E-state index contributed by atoms with van der Waals surface area (Å²) in [5.74, 6) is -1.18. The van der Waals surface area contributed by atoms with Crippen molar-refractivity contribution < 1.29 is 65.7 Å². The Kier molecular flexibility index (Phi) is 11.8. The van der Waals surface area contributed by atoms with E-state index in [1.807, 2.05) is 0 Å². The van der Waals surface area contributed by atoms with E-state index in [1.165, 1.54) is 0 Å². The standard InChI is InChI=1S/C4H7FO2.K/c5-3-1-2-4(6)7;/h1-3H2,(H,6,7);/q;+1/p-1. The molecule has 0 unspecified atom stereocenters. The van der Waals surface area contributed by atoms with Crippen LogP contribution >= 0.6 is 0 Å². The molecule has 0 rings (SSSR count). The maximum Gasteiger partial charge on any atom is 1.00 e. The van der Waals surface area contributed by atoms with E-state index < -0.39 is 12.6 Å². The Morgan fingerprint density at radius 3 is 2.25 bits per heavy atom. The molecule has 0 atom stereocenters. The number of hydrogen-bond acceptors (Lipinski definition) is 2. The normalized spacial score (nSPS) is 7.62. The average molecular weight is 144 g/mol. The molecule has 4 heteroatoms. The van der Waals surface area contributed by atoms with E-state index in [0.29, 0.717) is 0 Å². The summed E-state index contributed by atoms with van der Waals surface area (Å²) in [6.07, 6.45) is -0.0984. The van der Waals surface area contributed by atoms with Gasteiger partial charge in [-0.2, -0.15) is 0 Å². The van der Waals surface area contributed by atoms with E-state index >= 15 is 0 Å². The molecule has 0 radical (unpaired) electrons. The topological polar surface area (TPSA) is 40.1 Å². The summed E-state index contributed by atoms with van der Waals surface area (Å²) in [6.45, 7) is -0.575. The summed E-state index contributed by atoms with van der Waals surface area (Å²) in [7, 11) is 0. The number of carboxylic acids is 1. The zero-order valence-corrected chi connectivity index (χ0v) is 7.94. The third kappa shape index (κ3) is 10.1. The van der Waals surface area contributed by atoms with Crippen molar-refractivity contribution in [3.05, 3.63) is 0 Å². The van der Waals surface area contributed by atoms with Crippen LogP contribution in [0, 0.1) is 0 Å². The van der Waals surface area contributed by atoms with Crippen molar-refractivity contribution in [1.82, 2.24) is 0 Å². The monoisotopic (exact) mass is 144 g/mol. The molecule has 0 aromatic heterocycles. The number of aliphatic carboxylic acids is 1. The van der Waals surface area contributed by atoms with Gasteiger partial charge in [0.15, 0.2) is 0 Å². The van der Waals surface area contributed by atoms with Crippen molar-refractivity contribution in [2.45, 2.75) is 12.8 Å². The van der Waals surface area contributed by atoms with Crippen molar-refractivity contribution in [2.75, 3.05) is 6.67 Å². The van der Waals surface area contributed by atoms with E-state index in [9.17, 15) is 14.3 Å². The molecule has 0 bridgehead atoms. The Bertz CT molecular complexity index is 67.1. The fraction of sp³-hybridized carbons (Fsp3) is 0.750. The molecule has 8 heavy (non-hydrogen) atoms. The summed E-state index contributed by atoms with van der Waals surface area (Å²) in [5.41, 5.74) is 0. The van der Waals surface area contributed by atoms with Gasteiger partial charge in [-0.1, -0.05) is 0 Å². The molecule has 42 valence electrons. The van der Waals surface area contributed by atoms with Crippen molar-refractivity contribution >= 4 is 5.97 Å². The number of alkyl halides is 1. The Labute approximate surface area is 89.9 Å². The number of carboxylic acid groups (broad SMARTS) is 1. The first-order valence-corrected chi connectivity index (χ1v) is 2.03. The Balaban J connectivity index is 0. The predicted octanol–water partition coefficient (Wildman–Crippen LogP) is -3.51. The minimum atomic E-state index is -1.18. The van der Waals surface area contributed by atoms with Gasteiger partial charge in [0, 0.05) is 5.97 Å². The molecule has 0 fully saturated rings. The second-order valence-electron chi connectivity index (χ2n) is 1.16. The fourth-order valence-electron chi connectivity index (χ4n) is 0.211. The van der Waals surface area contributed by atoms with Gasteiger partial charge >= 0.3 is 51.4 Å². The first kappa shape index (κ1) is 11.8. The van der Waals surface area contributed by atoms with Gasteiger partial charge in [-0.05, 0) is 12.8 Å². The van der Waals surface area contributed by atoms with E-state index in [-0.39, 0.29) is 64.2 Å². The molecule has 0 spiro atoms. The van der Waals surface area contributed by atoms with E-state index in [2.05, 4.69) is 0 Å². The minimum Gasteiger partial charge on any atom is -0.550 e. The molecule has 0 heterocycles. The number of carbonyl (C=O) groups excluding carboxylic acids is 1. The predicted molar refractivity (Wildman–Crippen MR) is 20.2 cm³/mol. The molecule has 0 saturated heterocycles. The van der Waals surface area contributed by atoms with Crippen LogP contribution in [-0.2, 0) is 4.79 Å². The van der Waals surface area contributed by atoms with Crippen LogP contribution in [0.15, 0.2) is 0 Å². The minimum absolute atomic E-state index is 0. The van der Waals surface area contributed by atoms with Crippen LogP contribution < -0.4 is 56.5 Å². The van der Waals surface area contributed by atoms with Crippen molar-refractivity contribution in [1.29, 1.82) is 0 Å². The Morgan fingerprint density at radius 1 is 1.62 bits per heavy atom. The van der Waals surface area contributed by atoms with Crippen LogP contribution in [0.2, 0.25) is 0 Å². The number of halogens is 1. The summed E-state index contributed by atoms with van der Waals surface area (Å²) < 4.78 is 11.1. The summed E-state index contributed by atoms with van der Waals surface area (Å²) in [4.78, 5) is 9.48. The number of hydrogen-bond donors (Lipinski definition) is 0. The van der Waals surface area contributed by atoms with Gasteiger partial charge in [-0.3, -0.25) is 4.39 Å². The zero-order valence-electron chi connectivity index (χ0n) is 4.82. The molecule has 0 aromatic carbocycles. The van der Waals surface area contributed by atoms with Crippen LogP contribution in [0.25, 0.3) is 0 Å². The largest absolute Gasteiger partial charge is 1.00 e. The molecule has 0 aromatic rings. The molecule has 0 N–H and O–H groups in total. The zero-order chi connectivity index (χ0) is 5.70. The van der Waals surface area contributed by atoms with Crippen LogP contribution in [-0.4, -0.2) is 12.6 Å². The molecule has 0 saturated carbocycles. The van der Waals surface area contributed by atoms with Gasteiger partial charge in [0.05, 0.1) is 6.67 Å².